The summed E-state index contributed by atoms with van der Waals surface area (Å²) in [6.07, 6.45) is 0. The van der Waals surface area contributed by atoms with Crippen LogP contribution in [-0.2, 0) is 22.8 Å². The second-order valence-corrected chi connectivity index (χ2v) is 9.46. The molecule has 5 nitrogen and oxygen atoms in total. The Bertz CT molecular complexity index is 1090. The van der Waals surface area contributed by atoms with Crippen LogP contribution in [0, 0.1) is 5.82 Å². The van der Waals surface area contributed by atoms with Gasteiger partial charge in [-0.3, -0.25) is 4.79 Å². The normalized spacial score (nSPS) is 11.9. The molecule has 0 bridgehead atoms. The van der Waals surface area contributed by atoms with Crippen molar-refractivity contribution in [3.8, 4) is 0 Å². The van der Waals surface area contributed by atoms with Crippen LogP contribution >= 0.6 is 23.1 Å². The third-order valence-electron chi connectivity index (χ3n) is 3.83. The highest BCUT2D eigenvalue weighted by atomic mass is 32.2. The molecular formula is C17H17FN2O3S3. The van der Waals surface area contributed by atoms with Crippen molar-refractivity contribution < 1.29 is 12.8 Å². The van der Waals surface area contributed by atoms with Crippen molar-refractivity contribution in [2.75, 3.05) is 12.3 Å². The molecule has 1 aromatic heterocycles. The SMILES string of the molecule is Cn1c(=O)sc2cc(S(=O)(=O)NCCSCc3ccccc3F)ccc21. The van der Waals surface area contributed by atoms with Gasteiger partial charge >= 0.3 is 4.87 Å². The number of nitrogens with one attached hydrogen (secondary N) is 1. The number of aryl methyl sites for hydroxylation is 1. The molecule has 0 saturated carbocycles. The Kier molecular flexibility index (Phi) is 5.81. The van der Waals surface area contributed by atoms with Crippen LogP contribution in [0.15, 0.2) is 52.2 Å². The van der Waals surface area contributed by atoms with Gasteiger partial charge in [0, 0.05) is 25.1 Å². The first-order valence-corrected chi connectivity index (χ1v) is 11.2. The van der Waals surface area contributed by atoms with E-state index in [9.17, 15) is 17.6 Å². The molecule has 0 amide bonds. The minimum Gasteiger partial charge on any atom is -0.302 e. The molecule has 0 aliphatic carbocycles. The van der Waals surface area contributed by atoms with Crippen molar-refractivity contribution in [1.82, 2.24) is 9.29 Å². The third-order valence-corrected chi connectivity index (χ3v) is 7.29. The van der Waals surface area contributed by atoms with Crippen molar-refractivity contribution in [1.29, 1.82) is 0 Å². The van der Waals surface area contributed by atoms with Gasteiger partial charge in [-0.2, -0.15) is 11.8 Å². The Labute approximate surface area is 158 Å². The maximum absolute atomic E-state index is 13.5. The molecule has 1 heterocycles. The number of halogens is 1. The number of hydrogen-bond acceptors (Lipinski definition) is 5. The predicted octanol–water partition coefficient (Wildman–Crippen LogP) is 2.95. The molecule has 1 N–H and O–H groups in total. The maximum atomic E-state index is 13.5. The van der Waals surface area contributed by atoms with Gasteiger partial charge in [-0.25, -0.2) is 17.5 Å². The van der Waals surface area contributed by atoms with Gasteiger partial charge in [-0.05, 0) is 29.8 Å². The van der Waals surface area contributed by atoms with Crippen LogP contribution in [0.25, 0.3) is 10.2 Å². The van der Waals surface area contributed by atoms with Crippen LogP contribution in [0.3, 0.4) is 0 Å². The number of hydrogen-bond donors (Lipinski definition) is 1. The lowest BCUT2D eigenvalue weighted by Gasteiger charge is -2.07. The molecule has 0 spiro atoms. The summed E-state index contributed by atoms with van der Waals surface area (Å²) in [5.41, 5.74) is 1.31. The lowest BCUT2D eigenvalue weighted by molar-refractivity contribution is 0.584. The van der Waals surface area contributed by atoms with Gasteiger partial charge in [-0.1, -0.05) is 29.5 Å². The molecule has 0 saturated heterocycles. The smallest absolute Gasteiger partial charge is 0.302 e. The summed E-state index contributed by atoms with van der Waals surface area (Å²) in [6, 6.07) is 11.2. The van der Waals surface area contributed by atoms with Crippen molar-refractivity contribution in [2.24, 2.45) is 7.05 Å². The van der Waals surface area contributed by atoms with E-state index in [4.69, 9.17) is 0 Å². The summed E-state index contributed by atoms with van der Waals surface area (Å²) in [6.45, 7) is 0.241. The Morgan fingerprint density at radius 3 is 2.77 bits per heavy atom. The van der Waals surface area contributed by atoms with E-state index in [1.54, 1.807) is 31.3 Å². The van der Waals surface area contributed by atoms with Gasteiger partial charge < -0.3 is 4.57 Å². The first-order chi connectivity index (χ1) is 12.4. The Hall–Kier alpha value is -1.68. The molecule has 26 heavy (non-hydrogen) atoms. The van der Waals surface area contributed by atoms with Gasteiger partial charge in [-0.15, -0.1) is 0 Å². The first-order valence-electron chi connectivity index (χ1n) is 7.79. The van der Waals surface area contributed by atoms with E-state index in [2.05, 4.69) is 4.72 Å². The summed E-state index contributed by atoms with van der Waals surface area (Å²) in [7, 11) is -2.00. The second-order valence-electron chi connectivity index (χ2n) is 5.60. The monoisotopic (exact) mass is 412 g/mol. The van der Waals surface area contributed by atoms with Crippen LogP contribution < -0.4 is 9.60 Å². The summed E-state index contributed by atoms with van der Waals surface area (Å²) >= 11 is 2.47. The maximum Gasteiger partial charge on any atom is 0.307 e. The van der Waals surface area contributed by atoms with E-state index in [0.29, 0.717) is 27.3 Å². The van der Waals surface area contributed by atoms with Gasteiger partial charge in [0.25, 0.3) is 0 Å². The molecule has 3 rings (SSSR count). The number of thioether (sulfide) groups is 1. The highest BCUT2D eigenvalue weighted by Gasteiger charge is 2.15. The van der Waals surface area contributed by atoms with Crippen LogP contribution in [0.2, 0.25) is 0 Å². The van der Waals surface area contributed by atoms with Gasteiger partial charge in [0.1, 0.15) is 5.82 Å². The topological polar surface area (TPSA) is 68.2 Å². The number of thiazole rings is 1. The zero-order valence-corrected chi connectivity index (χ0v) is 16.4. The quantitative estimate of drug-likeness (QED) is 0.606. The zero-order chi connectivity index (χ0) is 18.7. The van der Waals surface area contributed by atoms with Gasteiger partial charge in [0.15, 0.2) is 0 Å². The molecule has 2 aromatic carbocycles. The summed E-state index contributed by atoms with van der Waals surface area (Å²) in [5.74, 6) is 0.753. The molecule has 0 aliphatic heterocycles. The van der Waals surface area contributed by atoms with Crippen molar-refractivity contribution in [3.63, 3.8) is 0 Å². The van der Waals surface area contributed by atoms with Crippen LogP contribution in [-0.4, -0.2) is 25.3 Å². The standard InChI is InChI=1S/C17H17FN2O3S3/c1-20-15-7-6-13(10-16(15)25-17(20)21)26(22,23)19-8-9-24-11-12-4-2-3-5-14(12)18/h2-7,10,19H,8-9,11H2,1H3. The molecule has 0 unspecified atom stereocenters. The summed E-state index contributed by atoms with van der Waals surface area (Å²) in [5, 5.41) is 0. The highest BCUT2D eigenvalue weighted by Crippen LogP contribution is 2.21. The van der Waals surface area contributed by atoms with Crippen LogP contribution in [0.5, 0.6) is 0 Å². The fourth-order valence-electron chi connectivity index (χ4n) is 2.41. The number of fused-ring (bicyclic) bond motifs is 1. The molecule has 0 atom stereocenters. The average Bonchev–Trinajstić information content (AvgIpc) is 2.90. The fourth-order valence-corrected chi connectivity index (χ4v) is 5.44. The lowest BCUT2D eigenvalue weighted by atomic mass is 10.2. The van der Waals surface area contributed by atoms with E-state index in [1.165, 1.54) is 34.5 Å². The van der Waals surface area contributed by atoms with E-state index in [0.717, 1.165) is 11.3 Å². The zero-order valence-electron chi connectivity index (χ0n) is 13.9. The van der Waals surface area contributed by atoms with Gasteiger partial charge in [0.2, 0.25) is 10.0 Å². The molecule has 0 radical (unpaired) electrons. The fraction of sp³-hybridized carbons (Fsp3) is 0.235. The molecule has 3 aromatic rings. The number of aromatic nitrogens is 1. The van der Waals surface area contributed by atoms with Crippen LogP contribution in [0.1, 0.15) is 5.56 Å². The van der Waals surface area contributed by atoms with E-state index in [1.807, 2.05) is 0 Å². The molecule has 0 aliphatic rings. The Morgan fingerprint density at radius 2 is 2.00 bits per heavy atom. The molecule has 9 heteroatoms. The lowest BCUT2D eigenvalue weighted by Crippen LogP contribution is -2.26. The minimum absolute atomic E-state index is 0.131. The van der Waals surface area contributed by atoms with Crippen LogP contribution in [0.4, 0.5) is 4.39 Å². The number of nitrogens with zero attached hydrogens (tertiary/aromatic N) is 1. The second kappa shape index (κ2) is 7.91. The van der Waals surface area contributed by atoms with Gasteiger partial charge in [0.05, 0.1) is 15.1 Å². The predicted molar refractivity (Wildman–Crippen MR) is 105 cm³/mol. The highest BCUT2D eigenvalue weighted by molar-refractivity contribution is 7.98. The summed E-state index contributed by atoms with van der Waals surface area (Å²) < 4.78 is 43.0. The third kappa shape index (κ3) is 4.17. The molecule has 0 fully saturated rings. The largest absolute Gasteiger partial charge is 0.307 e. The van der Waals surface area contributed by atoms with Crippen molar-refractivity contribution >= 4 is 43.3 Å². The molecular weight excluding hydrogens is 395 g/mol. The Morgan fingerprint density at radius 1 is 1.23 bits per heavy atom. The molecule has 138 valence electrons. The van der Waals surface area contributed by atoms with E-state index < -0.39 is 10.0 Å². The number of sulfonamides is 1. The first kappa shape index (κ1) is 19.1. The number of benzene rings is 2. The Balaban J connectivity index is 1.59. The van der Waals surface area contributed by atoms with E-state index in [-0.39, 0.29) is 22.1 Å². The average molecular weight is 413 g/mol. The van der Waals surface area contributed by atoms with E-state index >= 15 is 0 Å². The summed E-state index contributed by atoms with van der Waals surface area (Å²) in [4.78, 5) is 11.7. The number of rotatable bonds is 7. The van der Waals surface area contributed by atoms with Crippen molar-refractivity contribution in [3.05, 3.63) is 63.5 Å². The van der Waals surface area contributed by atoms with Crippen molar-refractivity contribution in [2.45, 2.75) is 10.6 Å². The minimum atomic E-state index is -3.65.